The lowest BCUT2D eigenvalue weighted by Crippen LogP contribution is -2.31. The monoisotopic (exact) mass is 274 g/mol. The minimum Gasteiger partial charge on any atom is -0.365 e. The number of nitrogens with zero attached hydrogens (tertiary/aromatic N) is 1. The second-order valence-electron chi connectivity index (χ2n) is 4.52. The van der Waals surface area contributed by atoms with Crippen molar-refractivity contribution in [3.8, 4) is 0 Å². The third kappa shape index (κ3) is 2.56. The van der Waals surface area contributed by atoms with E-state index in [1.165, 1.54) is 12.3 Å². The van der Waals surface area contributed by atoms with Crippen LogP contribution < -0.4 is 5.73 Å². The van der Waals surface area contributed by atoms with Gasteiger partial charge in [-0.15, -0.1) is 0 Å². The first-order chi connectivity index (χ1) is 8.77. The van der Waals surface area contributed by atoms with Crippen LogP contribution in [-0.4, -0.2) is 17.1 Å². The quantitative estimate of drug-likeness (QED) is 0.919. The van der Waals surface area contributed by atoms with Gasteiger partial charge in [0.1, 0.15) is 11.3 Å². The lowest BCUT2D eigenvalue weighted by Gasteiger charge is -2.29. The van der Waals surface area contributed by atoms with Gasteiger partial charge in [-0.05, 0) is 18.1 Å². The van der Waals surface area contributed by atoms with Gasteiger partial charge in [0, 0.05) is 11.8 Å². The van der Waals surface area contributed by atoms with Crippen LogP contribution in [0.2, 0.25) is 0 Å². The lowest BCUT2D eigenvalue weighted by atomic mass is 9.87. The molecule has 0 spiro atoms. The molecular formula is C12H13F3N2O2. The molecule has 0 saturated heterocycles. The molecule has 2 rings (SSSR count). The first kappa shape index (κ1) is 13.8. The molecule has 19 heavy (non-hydrogen) atoms. The fourth-order valence-electron chi connectivity index (χ4n) is 2.34. The van der Waals surface area contributed by atoms with Crippen LogP contribution in [0.1, 0.15) is 41.4 Å². The van der Waals surface area contributed by atoms with Crippen LogP contribution in [0.3, 0.4) is 0 Å². The molecule has 1 aliphatic rings. The number of rotatable bonds is 3. The molecule has 0 fully saturated rings. The third-order valence-corrected chi connectivity index (χ3v) is 3.29. The van der Waals surface area contributed by atoms with Crippen molar-refractivity contribution < 1.29 is 22.7 Å². The van der Waals surface area contributed by atoms with Gasteiger partial charge in [0.05, 0.1) is 13.0 Å². The average Bonchev–Trinajstić information content (AvgIpc) is 2.66. The number of pyridine rings is 1. The largest absolute Gasteiger partial charge is 0.392 e. The maximum absolute atomic E-state index is 12.7. The van der Waals surface area contributed by atoms with E-state index < -0.39 is 24.1 Å². The zero-order valence-corrected chi connectivity index (χ0v) is 10.3. The second-order valence-corrected chi connectivity index (χ2v) is 4.52. The molecule has 2 N–H and O–H groups in total. The third-order valence-electron chi connectivity index (χ3n) is 3.29. The van der Waals surface area contributed by atoms with E-state index in [1.54, 1.807) is 6.92 Å². The number of carbonyl (C=O) groups is 1. The number of hydrogen-bond donors (Lipinski definition) is 1. The highest BCUT2D eigenvalue weighted by molar-refractivity contribution is 5.91. The molecule has 0 radical (unpaired) electrons. The zero-order valence-electron chi connectivity index (χ0n) is 10.3. The number of alkyl halides is 3. The van der Waals surface area contributed by atoms with Gasteiger partial charge in [0.2, 0.25) is 0 Å². The van der Waals surface area contributed by atoms with Gasteiger partial charge in [0.15, 0.2) is 0 Å². The maximum Gasteiger partial charge on any atom is 0.392 e. The zero-order chi connectivity index (χ0) is 14.3. The van der Waals surface area contributed by atoms with Crippen LogP contribution in [0.5, 0.6) is 0 Å². The summed E-state index contributed by atoms with van der Waals surface area (Å²) in [6.45, 7) is 1.68. The highest BCUT2D eigenvalue weighted by Gasteiger charge is 2.47. The number of carbonyl (C=O) groups excluding carboxylic acids is 1. The van der Waals surface area contributed by atoms with Gasteiger partial charge in [-0.1, -0.05) is 6.92 Å². The SMILES string of the molecule is CCC1(CC(F)(F)F)OCc2cnc(C(N)=O)cc21. The van der Waals surface area contributed by atoms with Gasteiger partial charge in [-0.2, -0.15) is 13.2 Å². The van der Waals surface area contributed by atoms with Crippen LogP contribution >= 0.6 is 0 Å². The number of amides is 1. The number of fused-ring (bicyclic) bond motifs is 1. The summed E-state index contributed by atoms with van der Waals surface area (Å²) in [5.41, 5.74) is 4.53. The Hall–Kier alpha value is -1.63. The Kier molecular flexibility index (Phi) is 3.25. The molecule has 0 aromatic carbocycles. The van der Waals surface area contributed by atoms with Crippen LogP contribution in [-0.2, 0) is 16.9 Å². The van der Waals surface area contributed by atoms with Crippen molar-refractivity contribution in [1.29, 1.82) is 0 Å². The fraction of sp³-hybridized carbons (Fsp3) is 0.500. The summed E-state index contributed by atoms with van der Waals surface area (Å²) < 4.78 is 43.5. The molecule has 1 amide bonds. The van der Waals surface area contributed by atoms with E-state index in [2.05, 4.69) is 4.98 Å². The second kappa shape index (κ2) is 4.48. The van der Waals surface area contributed by atoms with Gasteiger partial charge in [-0.3, -0.25) is 9.78 Å². The first-order valence-corrected chi connectivity index (χ1v) is 5.77. The molecule has 7 heteroatoms. The minimum atomic E-state index is -4.35. The molecule has 0 saturated carbocycles. The normalized spacial score (nSPS) is 22.3. The van der Waals surface area contributed by atoms with Crippen molar-refractivity contribution in [3.63, 3.8) is 0 Å². The highest BCUT2D eigenvalue weighted by Crippen LogP contribution is 2.46. The molecule has 104 valence electrons. The topological polar surface area (TPSA) is 65.2 Å². The van der Waals surface area contributed by atoms with Crippen molar-refractivity contribution in [3.05, 3.63) is 29.1 Å². The highest BCUT2D eigenvalue weighted by atomic mass is 19.4. The molecule has 1 atom stereocenters. The maximum atomic E-state index is 12.7. The summed E-state index contributed by atoms with van der Waals surface area (Å²) in [4.78, 5) is 14.9. The van der Waals surface area contributed by atoms with Crippen LogP contribution in [0.15, 0.2) is 12.3 Å². The van der Waals surface area contributed by atoms with E-state index in [0.717, 1.165) is 0 Å². The Morgan fingerprint density at radius 1 is 1.58 bits per heavy atom. The van der Waals surface area contributed by atoms with Crippen molar-refractivity contribution in [2.75, 3.05) is 0 Å². The van der Waals surface area contributed by atoms with E-state index in [4.69, 9.17) is 10.5 Å². The number of halogens is 3. The van der Waals surface area contributed by atoms with E-state index in [-0.39, 0.29) is 18.7 Å². The number of aromatic nitrogens is 1. The van der Waals surface area contributed by atoms with Crippen LogP contribution in [0.4, 0.5) is 13.2 Å². The van der Waals surface area contributed by atoms with Crippen LogP contribution in [0, 0.1) is 0 Å². The average molecular weight is 274 g/mol. The van der Waals surface area contributed by atoms with E-state index >= 15 is 0 Å². The molecule has 0 aliphatic carbocycles. The summed E-state index contributed by atoms with van der Waals surface area (Å²) in [5, 5.41) is 0. The van der Waals surface area contributed by atoms with Crippen molar-refractivity contribution >= 4 is 5.91 Å². The number of ether oxygens (including phenoxy) is 1. The molecule has 1 aromatic heterocycles. The first-order valence-electron chi connectivity index (χ1n) is 5.77. The fourth-order valence-corrected chi connectivity index (χ4v) is 2.34. The number of nitrogens with two attached hydrogens (primary N) is 1. The van der Waals surface area contributed by atoms with Gasteiger partial charge >= 0.3 is 6.18 Å². The van der Waals surface area contributed by atoms with Crippen molar-refractivity contribution in [1.82, 2.24) is 4.98 Å². The molecule has 1 aromatic rings. The standard InChI is InChI=1S/C12H13F3N2O2/c1-2-11(6-12(13,14)15)8-3-9(10(16)18)17-4-7(8)5-19-11/h3-4H,2,5-6H2,1H3,(H2,16,18). The predicted octanol–water partition coefficient (Wildman–Crippen LogP) is 2.27. The molecule has 1 unspecified atom stereocenters. The van der Waals surface area contributed by atoms with E-state index in [1.807, 2.05) is 0 Å². The molecular weight excluding hydrogens is 261 g/mol. The van der Waals surface area contributed by atoms with Crippen LogP contribution in [0.25, 0.3) is 0 Å². The van der Waals surface area contributed by atoms with E-state index in [0.29, 0.717) is 11.1 Å². The Morgan fingerprint density at radius 3 is 2.79 bits per heavy atom. The van der Waals surface area contributed by atoms with Crippen molar-refractivity contribution in [2.24, 2.45) is 5.73 Å². The summed E-state index contributed by atoms with van der Waals surface area (Å²) in [6.07, 6.45) is -3.94. The van der Waals surface area contributed by atoms with Crippen molar-refractivity contribution in [2.45, 2.75) is 38.1 Å². The number of hydrogen-bond acceptors (Lipinski definition) is 3. The van der Waals surface area contributed by atoms with Gasteiger partial charge in [-0.25, -0.2) is 0 Å². The predicted molar refractivity (Wildman–Crippen MR) is 60.2 cm³/mol. The minimum absolute atomic E-state index is 0.0516. The Morgan fingerprint density at radius 2 is 2.26 bits per heavy atom. The molecule has 2 heterocycles. The lowest BCUT2D eigenvalue weighted by molar-refractivity contribution is -0.190. The number of primary amides is 1. The van der Waals surface area contributed by atoms with E-state index in [9.17, 15) is 18.0 Å². The summed E-state index contributed by atoms with van der Waals surface area (Å²) in [6, 6.07) is 1.31. The molecule has 4 nitrogen and oxygen atoms in total. The van der Waals surface area contributed by atoms with Gasteiger partial charge in [0.25, 0.3) is 5.91 Å². The molecule has 0 bridgehead atoms. The molecule has 1 aliphatic heterocycles. The Bertz CT molecular complexity index is 516. The summed E-state index contributed by atoms with van der Waals surface area (Å²) in [5.74, 6) is -0.772. The Labute approximate surface area is 107 Å². The smallest absolute Gasteiger partial charge is 0.365 e. The summed E-state index contributed by atoms with van der Waals surface area (Å²) in [7, 11) is 0. The summed E-state index contributed by atoms with van der Waals surface area (Å²) >= 11 is 0. The Balaban J connectivity index is 2.47. The van der Waals surface area contributed by atoms with Gasteiger partial charge < -0.3 is 10.5 Å².